The van der Waals surface area contributed by atoms with E-state index in [4.69, 9.17) is 0 Å². The Kier molecular flexibility index (Phi) is 7.19. The molecule has 0 radical (unpaired) electrons. The zero-order valence-corrected chi connectivity index (χ0v) is 12.6. The summed E-state index contributed by atoms with van der Waals surface area (Å²) in [7, 11) is -3.00. The molecule has 108 valence electrons. The van der Waals surface area contributed by atoms with Crippen molar-refractivity contribution in [1.82, 2.24) is 9.62 Å². The van der Waals surface area contributed by atoms with Gasteiger partial charge in [-0.1, -0.05) is 20.3 Å². The highest BCUT2D eigenvalue weighted by atomic mass is 32.2. The predicted octanol–water partition coefficient (Wildman–Crippen LogP) is 1.83. The Balaban J connectivity index is 2.26. The Labute approximate surface area is 112 Å². The first kappa shape index (κ1) is 15.9. The highest BCUT2D eigenvalue weighted by molar-refractivity contribution is 7.89. The topological polar surface area (TPSA) is 49.4 Å². The average molecular weight is 276 g/mol. The zero-order chi connectivity index (χ0) is 13.4. The van der Waals surface area contributed by atoms with E-state index >= 15 is 0 Å². The van der Waals surface area contributed by atoms with Gasteiger partial charge >= 0.3 is 0 Å². The fraction of sp³-hybridized carbons (Fsp3) is 1.00. The maximum absolute atomic E-state index is 12.1. The molecule has 0 aromatic carbocycles. The molecule has 0 saturated carbocycles. The van der Waals surface area contributed by atoms with Crippen LogP contribution in [0.4, 0.5) is 0 Å². The molecule has 0 spiro atoms. The highest BCUT2D eigenvalue weighted by Crippen LogP contribution is 2.22. The van der Waals surface area contributed by atoms with Crippen molar-refractivity contribution in [3.05, 3.63) is 0 Å². The van der Waals surface area contributed by atoms with E-state index in [-0.39, 0.29) is 0 Å². The summed E-state index contributed by atoms with van der Waals surface area (Å²) in [4.78, 5) is 0. The molecule has 4 nitrogen and oxygen atoms in total. The van der Waals surface area contributed by atoms with Gasteiger partial charge in [-0.25, -0.2) is 12.7 Å². The molecule has 0 aliphatic carbocycles. The van der Waals surface area contributed by atoms with E-state index in [1.54, 1.807) is 4.31 Å². The van der Waals surface area contributed by atoms with Gasteiger partial charge in [0.15, 0.2) is 0 Å². The summed E-state index contributed by atoms with van der Waals surface area (Å²) in [5, 5.41) is 3.22. The third-order valence-corrected chi connectivity index (χ3v) is 5.76. The number of unbranched alkanes of at least 4 members (excludes halogenated alkanes) is 1. The van der Waals surface area contributed by atoms with Gasteiger partial charge in [0.1, 0.15) is 0 Å². The van der Waals surface area contributed by atoms with Crippen LogP contribution >= 0.6 is 0 Å². The summed E-state index contributed by atoms with van der Waals surface area (Å²) in [6, 6.07) is 0. The normalized spacial score (nSPS) is 19.2. The summed E-state index contributed by atoms with van der Waals surface area (Å²) < 4.78 is 25.9. The quantitative estimate of drug-likeness (QED) is 0.688. The minimum Gasteiger partial charge on any atom is -0.317 e. The lowest BCUT2D eigenvalue weighted by atomic mass is 9.96. The van der Waals surface area contributed by atoms with Crippen LogP contribution in [0.25, 0.3) is 0 Å². The van der Waals surface area contributed by atoms with E-state index in [9.17, 15) is 8.42 Å². The number of hydrogen-bond donors (Lipinski definition) is 1. The van der Waals surface area contributed by atoms with E-state index in [1.165, 1.54) is 6.42 Å². The molecule has 0 amide bonds. The van der Waals surface area contributed by atoms with Crippen molar-refractivity contribution in [3.8, 4) is 0 Å². The third-order valence-electron chi connectivity index (χ3n) is 3.80. The molecule has 0 aromatic rings. The smallest absolute Gasteiger partial charge is 0.214 e. The number of nitrogens with zero attached hydrogens (tertiary/aromatic N) is 1. The van der Waals surface area contributed by atoms with Gasteiger partial charge in [0.05, 0.1) is 5.75 Å². The van der Waals surface area contributed by atoms with Crippen LogP contribution < -0.4 is 5.32 Å². The van der Waals surface area contributed by atoms with Gasteiger partial charge in [0.25, 0.3) is 0 Å². The SMILES string of the molecule is CCNCCCCS(=O)(=O)N1CCC(CC)CC1. The monoisotopic (exact) mass is 276 g/mol. The van der Waals surface area contributed by atoms with Crippen LogP contribution in [0.1, 0.15) is 46.0 Å². The van der Waals surface area contributed by atoms with Crippen molar-refractivity contribution in [3.63, 3.8) is 0 Å². The lowest BCUT2D eigenvalue weighted by molar-refractivity contribution is 0.269. The Bertz CT molecular complexity index is 309. The zero-order valence-electron chi connectivity index (χ0n) is 11.8. The number of sulfonamides is 1. The minimum absolute atomic E-state index is 0.315. The Hall–Kier alpha value is -0.130. The molecule has 1 fully saturated rings. The molecule has 0 unspecified atom stereocenters. The molecule has 0 aromatic heterocycles. The first-order valence-corrected chi connectivity index (χ1v) is 8.89. The van der Waals surface area contributed by atoms with Gasteiger partial charge in [-0.3, -0.25) is 0 Å². The van der Waals surface area contributed by atoms with E-state index < -0.39 is 10.0 Å². The van der Waals surface area contributed by atoms with E-state index in [1.807, 2.05) is 0 Å². The standard InChI is InChI=1S/C13H28N2O2S/c1-3-13-7-10-15(11-8-13)18(16,17)12-6-5-9-14-4-2/h13-14H,3-12H2,1-2H3. The van der Waals surface area contributed by atoms with Gasteiger partial charge < -0.3 is 5.32 Å². The number of rotatable bonds is 8. The van der Waals surface area contributed by atoms with Gasteiger partial charge in [-0.2, -0.15) is 0 Å². The number of nitrogens with one attached hydrogen (secondary N) is 1. The molecule has 5 heteroatoms. The average Bonchev–Trinajstić information content (AvgIpc) is 2.38. The van der Waals surface area contributed by atoms with Gasteiger partial charge in [0, 0.05) is 13.1 Å². The van der Waals surface area contributed by atoms with Crippen molar-refractivity contribution in [1.29, 1.82) is 0 Å². The Morgan fingerprint density at radius 1 is 1.17 bits per heavy atom. The molecule has 18 heavy (non-hydrogen) atoms. The first-order valence-electron chi connectivity index (χ1n) is 7.28. The van der Waals surface area contributed by atoms with Crippen LogP contribution in [-0.4, -0.2) is 44.7 Å². The summed E-state index contributed by atoms with van der Waals surface area (Å²) in [6.07, 6.45) is 4.96. The van der Waals surface area contributed by atoms with Crippen molar-refractivity contribution >= 4 is 10.0 Å². The molecule has 0 bridgehead atoms. The predicted molar refractivity (Wildman–Crippen MR) is 76.2 cm³/mol. The molecule has 1 aliphatic rings. The fourth-order valence-electron chi connectivity index (χ4n) is 2.44. The van der Waals surface area contributed by atoms with Crippen LogP contribution in [0.15, 0.2) is 0 Å². The van der Waals surface area contributed by atoms with Crippen LogP contribution in [0, 0.1) is 5.92 Å². The van der Waals surface area contributed by atoms with Crippen LogP contribution in [0.3, 0.4) is 0 Å². The van der Waals surface area contributed by atoms with Crippen LogP contribution in [-0.2, 0) is 10.0 Å². The molecular weight excluding hydrogens is 248 g/mol. The van der Waals surface area contributed by atoms with Crippen molar-refractivity contribution in [2.75, 3.05) is 31.9 Å². The molecule has 1 rings (SSSR count). The number of piperidine rings is 1. The molecule has 0 atom stereocenters. The van der Waals surface area contributed by atoms with Crippen LogP contribution in [0.2, 0.25) is 0 Å². The molecule has 1 saturated heterocycles. The highest BCUT2D eigenvalue weighted by Gasteiger charge is 2.26. The molecule has 1 aliphatic heterocycles. The fourth-order valence-corrected chi connectivity index (χ4v) is 4.03. The lowest BCUT2D eigenvalue weighted by Gasteiger charge is -2.30. The summed E-state index contributed by atoms with van der Waals surface area (Å²) in [6.45, 7) is 7.59. The second-order valence-corrected chi connectivity index (χ2v) is 7.22. The Morgan fingerprint density at radius 2 is 1.83 bits per heavy atom. The molecule has 1 heterocycles. The van der Waals surface area contributed by atoms with Crippen molar-refractivity contribution in [2.45, 2.75) is 46.0 Å². The van der Waals surface area contributed by atoms with Gasteiger partial charge in [-0.05, 0) is 44.7 Å². The van der Waals surface area contributed by atoms with Crippen LogP contribution in [0.5, 0.6) is 0 Å². The summed E-state index contributed by atoms with van der Waals surface area (Å²) >= 11 is 0. The molecular formula is C13H28N2O2S. The van der Waals surface area contributed by atoms with Crippen molar-refractivity contribution in [2.24, 2.45) is 5.92 Å². The summed E-state index contributed by atoms with van der Waals surface area (Å²) in [5.74, 6) is 1.04. The Morgan fingerprint density at radius 3 is 2.39 bits per heavy atom. The maximum Gasteiger partial charge on any atom is 0.214 e. The third kappa shape index (κ3) is 5.24. The van der Waals surface area contributed by atoms with Crippen molar-refractivity contribution < 1.29 is 8.42 Å². The van der Waals surface area contributed by atoms with E-state index in [2.05, 4.69) is 19.2 Å². The van der Waals surface area contributed by atoms with E-state index in [0.29, 0.717) is 5.75 Å². The minimum atomic E-state index is -3.00. The lowest BCUT2D eigenvalue weighted by Crippen LogP contribution is -2.39. The van der Waals surface area contributed by atoms with E-state index in [0.717, 1.165) is 57.8 Å². The van der Waals surface area contributed by atoms with Gasteiger partial charge in [0.2, 0.25) is 10.0 Å². The maximum atomic E-state index is 12.1. The second kappa shape index (κ2) is 8.12. The largest absolute Gasteiger partial charge is 0.317 e. The first-order chi connectivity index (χ1) is 8.60. The second-order valence-electron chi connectivity index (χ2n) is 5.13. The van der Waals surface area contributed by atoms with Gasteiger partial charge in [-0.15, -0.1) is 0 Å². The summed E-state index contributed by atoms with van der Waals surface area (Å²) in [5.41, 5.74) is 0. The molecule has 1 N–H and O–H groups in total. The number of hydrogen-bond acceptors (Lipinski definition) is 3.